The van der Waals surface area contributed by atoms with Crippen molar-refractivity contribution in [3.8, 4) is 0 Å². The third kappa shape index (κ3) is 1.52. The number of azide groups is 1. The highest BCUT2D eigenvalue weighted by Gasteiger charge is 2.11. The molecular weight excluding hydrogens is 178 g/mol. The molecule has 0 aliphatic carbocycles. The molecule has 0 bridgehead atoms. The van der Waals surface area contributed by atoms with Crippen molar-refractivity contribution in [1.82, 2.24) is 4.98 Å². The molecule has 6 nitrogen and oxygen atoms in total. The number of amides is 1. The molecule has 1 rings (SSSR count). The molecule has 0 spiro atoms. The molecule has 7 heteroatoms. The Kier molecular flexibility index (Phi) is 2.27. The normalized spacial score (nSPS) is 9.08. The molecule has 0 radical (unpaired) electrons. The molecule has 0 aliphatic heterocycles. The van der Waals surface area contributed by atoms with Gasteiger partial charge in [-0.3, -0.25) is 4.79 Å². The highest BCUT2D eigenvalue weighted by Crippen LogP contribution is 2.20. The standard InChI is InChI=1S/C5H5N5OS/c1-2-3(4(11)9-10-7)12-5(6)8-2/h1H3,(H2,6,8). The summed E-state index contributed by atoms with van der Waals surface area (Å²) < 4.78 is 0. The fraction of sp³-hybridized carbons (Fsp3) is 0.200. The maximum atomic E-state index is 11.0. The lowest BCUT2D eigenvalue weighted by Gasteiger charge is -1.85. The first-order valence-corrected chi connectivity index (χ1v) is 3.79. The Morgan fingerprint density at radius 1 is 1.83 bits per heavy atom. The lowest BCUT2D eigenvalue weighted by molar-refractivity contribution is 0.100. The van der Waals surface area contributed by atoms with Gasteiger partial charge in [0.25, 0.3) is 5.91 Å². The number of nitrogens with zero attached hydrogens (tertiary/aromatic N) is 4. The molecule has 1 heterocycles. The van der Waals surface area contributed by atoms with E-state index in [4.69, 9.17) is 11.3 Å². The lowest BCUT2D eigenvalue weighted by atomic mass is 10.4. The Balaban J connectivity index is 3.10. The number of anilines is 1. The van der Waals surface area contributed by atoms with Crippen LogP contribution in [0.2, 0.25) is 0 Å². The number of hydrogen-bond acceptors (Lipinski definition) is 4. The zero-order chi connectivity index (χ0) is 9.14. The van der Waals surface area contributed by atoms with Gasteiger partial charge in [0.1, 0.15) is 4.88 Å². The van der Waals surface area contributed by atoms with Crippen molar-refractivity contribution in [2.75, 3.05) is 5.73 Å². The summed E-state index contributed by atoms with van der Waals surface area (Å²) >= 11 is 1.01. The molecule has 12 heavy (non-hydrogen) atoms. The minimum absolute atomic E-state index is 0.295. The molecule has 0 aliphatic rings. The zero-order valence-electron chi connectivity index (χ0n) is 6.18. The number of carbonyl (C=O) groups is 1. The van der Waals surface area contributed by atoms with Gasteiger partial charge < -0.3 is 5.73 Å². The minimum Gasteiger partial charge on any atom is -0.375 e. The summed E-state index contributed by atoms with van der Waals surface area (Å²) in [7, 11) is 0. The van der Waals surface area contributed by atoms with Gasteiger partial charge in [-0.1, -0.05) is 11.3 Å². The van der Waals surface area contributed by atoms with Crippen LogP contribution in [0.4, 0.5) is 5.13 Å². The van der Waals surface area contributed by atoms with Gasteiger partial charge in [0, 0.05) is 4.91 Å². The Morgan fingerprint density at radius 2 is 2.50 bits per heavy atom. The van der Waals surface area contributed by atoms with Crippen LogP contribution in [0.1, 0.15) is 15.4 Å². The lowest BCUT2D eigenvalue weighted by Crippen LogP contribution is -1.91. The summed E-state index contributed by atoms with van der Waals surface area (Å²) in [6.45, 7) is 1.63. The van der Waals surface area contributed by atoms with E-state index in [1.807, 2.05) is 0 Å². The summed E-state index contributed by atoms with van der Waals surface area (Å²) in [5.74, 6) is -0.635. The zero-order valence-corrected chi connectivity index (χ0v) is 7.00. The van der Waals surface area contributed by atoms with Crippen LogP contribution in [0.5, 0.6) is 0 Å². The summed E-state index contributed by atoms with van der Waals surface area (Å²) in [5, 5.41) is 3.22. The second-order valence-corrected chi connectivity index (χ2v) is 2.99. The minimum atomic E-state index is -0.635. The van der Waals surface area contributed by atoms with Crippen molar-refractivity contribution in [3.05, 3.63) is 21.0 Å². The molecule has 2 N–H and O–H groups in total. The van der Waals surface area contributed by atoms with Crippen LogP contribution in [0.15, 0.2) is 5.11 Å². The maximum absolute atomic E-state index is 11.0. The van der Waals surface area contributed by atoms with Crippen LogP contribution >= 0.6 is 11.3 Å². The monoisotopic (exact) mass is 183 g/mol. The molecule has 62 valence electrons. The van der Waals surface area contributed by atoms with Crippen LogP contribution in [0.3, 0.4) is 0 Å². The predicted octanol–water partition coefficient (Wildman–Crippen LogP) is 1.48. The molecule has 1 amide bonds. The number of nitrogens with two attached hydrogens (primary N) is 1. The number of aromatic nitrogens is 1. The van der Waals surface area contributed by atoms with Gasteiger partial charge in [-0.15, -0.1) is 0 Å². The second-order valence-electron chi connectivity index (χ2n) is 1.96. The quantitative estimate of drug-likeness (QED) is 0.405. The van der Waals surface area contributed by atoms with E-state index >= 15 is 0 Å². The average molecular weight is 183 g/mol. The molecule has 0 unspecified atom stereocenters. The number of aryl methyl sites for hydroxylation is 1. The molecule has 1 aromatic rings. The number of rotatable bonds is 1. The van der Waals surface area contributed by atoms with Crippen molar-refractivity contribution < 1.29 is 4.79 Å². The van der Waals surface area contributed by atoms with Gasteiger partial charge in [0.2, 0.25) is 0 Å². The fourth-order valence-corrected chi connectivity index (χ4v) is 1.41. The van der Waals surface area contributed by atoms with E-state index in [9.17, 15) is 4.79 Å². The van der Waals surface area contributed by atoms with E-state index in [-0.39, 0.29) is 0 Å². The van der Waals surface area contributed by atoms with Crippen molar-refractivity contribution in [2.45, 2.75) is 6.92 Å². The first kappa shape index (κ1) is 8.51. The van der Waals surface area contributed by atoms with Gasteiger partial charge >= 0.3 is 0 Å². The van der Waals surface area contributed by atoms with Gasteiger partial charge in [0.05, 0.1) is 5.69 Å². The van der Waals surface area contributed by atoms with E-state index < -0.39 is 5.91 Å². The number of thiazole rings is 1. The number of nitrogen functional groups attached to an aromatic ring is 1. The van der Waals surface area contributed by atoms with E-state index in [0.717, 1.165) is 11.3 Å². The Morgan fingerprint density at radius 3 is 2.92 bits per heavy atom. The van der Waals surface area contributed by atoms with Crippen LogP contribution in [0, 0.1) is 6.92 Å². The van der Waals surface area contributed by atoms with E-state index in [1.54, 1.807) is 6.92 Å². The third-order valence-electron chi connectivity index (χ3n) is 1.14. The summed E-state index contributed by atoms with van der Waals surface area (Å²) in [6, 6.07) is 0. The van der Waals surface area contributed by atoms with Crippen molar-refractivity contribution >= 4 is 22.4 Å². The SMILES string of the molecule is Cc1nc(N)sc1C(=O)N=[N+]=[N-]. The number of carbonyl (C=O) groups excluding carboxylic acids is 1. The molecule has 0 saturated heterocycles. The van der Waals surface area contributed by atoms with Gasteiger partial charge in [0.15, 0.2) is 5.13 Å². The van der Waals surface area contributed by atoms with Crippen LogP contribution in [-0.2, 0) is 0 Å². The molecular formula is C5H5N5OS. The second kappa shape index (κ2) is 3.21. The topological polar surface area (TPSA) is 105 Å². The fourth-order valence-electron chi connectivity index (χ4n) is 0.702. The Labute approximate surface area is 71.7 Å². The van der Waals surface area contributed by atoms with E-state index in [2.05, 4.69) is 15.0 Å². The smallest absolute Gasteiger partial charge is 0.261 e. The van der Waals surface area contributed by atoms with Gasteiger partial charge in [-0.2, -0.15) is 0 Å². The first-order chi connectivity index (χ1) is 5.65. The van der Waals surface area contributed by atoms with Crippen molar-refractivity contribution in [2.24, 2.45) is 5.11 Å². The van der Waals surface area contributed by atoms with Crippen molar-refractivity contribution in [1.29, 1.82) is 0 Å². The van der Waals surface area contributed by atoms with Gasteiger partial charge in [-0.05, 0) is 17.6 Å². The van der Waals surface area contributed by atoms with E-state index in [0.29, 0.717) is 15.7 Å². The van der Waals surface area contributed by atoms with E-state index in [1.165, 1.54) is 0 Å². The Bertz CT molecular complexity index is 364. The summed E-state index contributed by atoms with van der Waals surface area (Å²) in [4.78, 5) is 17.5. The highest BCUT2D eigenvalue weighted by atomic mass is 32.1. The molecule has 0 atom stereocenters. The van der Waals surface area contributed by atoms with Crippen LogP contribution < -0.4 is 5.73 Å². The molecule has 1 aromatic heterocycles. The maximum Gasteiger partial charge on any atom is 0.261 e. The molecule has 0 aromatic carbocycles. The summed E-state index contributed by atoms with van der Waals surface area (Å²) in [6.07, 6.45) is 0. The predicted molar refractivity (Wildman–Crippen MR) is 44.7 cm³/mol. The third-order valence-corrected chi connectivity index (χ3v) is 2.12. The summed E-state index contributed by atoms with van der Waals surface area (Å²) in [5.41, 5.74) is 13.8. The Hall–Kier alpha value is -1.59. The largest absolute Gasteiger partial charge is 0.375 e. The first-order valence-electron chi connectivity index (χ1n) is 2.97. The van der Waals surface area contributed by atoms with Crippen molar-refractivity contribution in [3.63, 3.8) is 0 Å². The van der Waals surface area contributed by atoms with Gasteiger partial charge in [-0.25, -0.2) is 4.98 Å². The number of hydrogen-bond donors (Lipinski definition) is 1. The van der Waals surface area contributed by atoms with Crippen LogP contribution in [-0.4, -0.2) is 10.9 Å². The molecule has 0 fully saturated rings. The highest BCUT2D eigenvalue weighted by molar-refractivity contribution is 7.17. The van der Waals surface area contributed by atoms with Crippen LogP contribution in [0.25, 0.3) is 10.4 Å². The molecule has 0 saturated carbocycles. The average Bonchev–Trinajstić information content (AvgIpc) is 2.30.